The number of benzene rings is 1. The lowest BCUT2D eigenvalue weighted by Crippen LogP contribution is -2.32. The number of carbonyl (C=O) groups is 1. The number of amides is 1. The molecule has 0 N–H and O–H groups in total. The van der Waals surface area contributed by atoms with Gasteiger partial charge in [0.2, 0.25) is 5.91 Å². The van der Waals surface area contributed by atoms with Gasteiger partial charge in [-0.15, -0.1) is 0 Å². The van der Waals surface area contributed by atoms with E-state index in [2.05, 4.69) is 0 Å². The highest BCUT2D eigenvalue weighted by molar-refractivity contribution is 5.77. The first-order chi connectivity index (χ1) is 12.1. The number of hydrogen-bond donors (Lipinski definition) is 0. The summed E-state index contributed by atoms with van der Waals surface area (Å²) in [4.78, 5) is 26.7. The van der Waals surface area contributed by atoms with Crippen molar-refractivity contribution < 1.29 is 9.53 Å². The van der Waals surface area contributed by atoms with E-state index in [1.54, 1.807) is 17.7 Å². The van der Waals surface area contributed by atoms with Gasteiger partial charge in [-0.3, -0.25) is 9.59 Å². The second kappa shape index (κ2) is 7.55. The van der Waals surface area contributed by atoms with Gasteiger partial charge in [-0.2, -0.15) is 0 Å². The Balaban J connectivity index is 1.71. The zero-order valence-electron chi connectivity index (χ0n) is 14.8. The standard InChI is InChI=1S/C20H24N2O3/c1-15-6-3-10-19(23)21(15)13-11-20(24)22-12-5-9-18(22)16-7-4-8-17(14-16)25-2/h3-4,6-8,10,14,18H,5,9,11-13H2,1-2H3/t18-/m0/s1. The first-order valence-electron chi connectivity index (χ1n) is 8.70. The van der Waals surface area contributed by atoms with E-state index in [1.807, 2.05) is 42.2 Å². The number of carbonyl (C=O) groups excluding carboxylic acids is 1. The van der Waals surface area contributed by atoms with Gasteiger partial charge in [0.25, 0.3) is 5.56 Å². The lowest BCUT2D eigenvalue weighted by atomic mass is 10.0. The van der Waals surface area contributed by atoms with Gasteiger partial charge in [0.1, 0.15) is 5.75 Å². The van der Waals surface area contributed by atoms with Crippen LogP contribution in [0.15, 0.2) is 47.3 Å². The van der Waals surface area contributed by atoms with Gasteiger partial charge in [0.05, 0.1) is 13.2 Å². The van der Waals surface area contributed by atoms with Crippen molar-refractivity contribution in [3.8, 4) is 5.75 Å². The molecule has 25 heavy (non-hydrogen) atoms. The minimum atomic E-state index is -0.0569. The van der Waals surface area contributed by atoms with Crippen LogP contribution in [0, 0.1) is 6.92 Å². The second-order valence-electron chi connectivity index (χ2n) is 6.43. The SMILES string of the molecule is COc1cccc([C@@H]2CCCN2C(=O)CCn2c(C)cccc2=O)c1. The molecule has 2 heterocycles. The molecular formula is C20H24N2O3. The van der Waals surface area contributed by atoms with Gasteiger partial charge in [-0.25, -0.2) is 0 Å². The maximum Gasteiger partial charge on any atom is 0.250 e. The van der Waals surface area contributed by atoms with Gasteiger partial charge >= 0.3 is 0 Å². The predicted octanol–water partition coefficient (Wildman–Crippen LogP) is 2.92. The molecule has 1 aromatic heterocycles. The number of nitrogens with zero attached hydrogens (tertiary/aromatic N) is 2. The summed E-state index contributed by atoms with van der Waals surface area (Å²) in [6, 6.07) is 13.2. The van der Waals surface area contributed by atoms with E-state index in [9.17, 15) is 9.59 Å². The zero-order valence-corrected chi connectivity index (χ0v) is 14.8. The predicted molar refractivity (Wildman–Crippen MR) is 96.7 cm³/mol. The second-order valence-corrected chi connectivity index (χ2v) is 6.43. The molecule has 1 aromatic carbocycles. The van der Waals surface area contributed by atoms with Crippen molar-refractivity contribution >= 4 is 5.91 Å². The van der Waals surface area contributed by atoms with E-state index in [1.165, 1.54) is 6.07 Å². The number of methoxy groups -OCH3 is 1. The summed E-state index contributed by atoms with van der Waals surface area (Å²) < 4.78 is 6.96. The Bertz CT molecular complexity index is 813. The smallest absolute Gasteiger partial charge is 0.250 e. The third-order valence-electron chi connectivity index (χ3n) is 4.87. The van der Waals surface area contributed by atoms with E-state index in [4.69, 9.17) is 4.74 Å². The van der Waals surface area contributed by atoms with E-state index >= 15 is 0 Å². The van der Waals surface area contributed by atoms with Crippen LogP contribution in [0.1, 0.15) is 36.6 Å². The topological polar surface area (TPSA) is 51.5 Å². The number of aryl methyl sites for hydroxylation is 1. The molecule has 132 valence electrons. The Morgan fingerprint density at radius 2 is 2.04 bits per heavy atom. The van der Waals surface area contributed by atoms with Crippen LogP contribution in [-0.4, -0.2) is 29.0 Å². The van der Waals surface area contributed by atoms with Gasteiger partial charge in [-0.1, -0.05) is 18.2 Å². The minimum Gasteiger partial charge on any atom is -0.497 e. The number of ether oxygens (including phenoxy) is 1. The van der Waals surface area contributed by atoms with Crippen molar-refractivity contribution in [1.82, 2.24) is 9.47 Å². The molecule has 1 aliphatic heterocycles. The van der Waals surface area contributed by atoms with Crippen molar-refractivity contribution in [3.05, 3.63) is 64.1 Å². The van der Waals surface area contributed by atoms with Crippen molar-refractivity contribution in [3.63, 3.8) is 0 Å². The average molecular weight is 340 g/mol. The van der Waals surface area contributed by atoms with Gasteiger partial charge < -0.3 is 14.2 Å². The quantitative estimate of drug-likeness (QED) is 0.841. The monoisotopic (exact) mass is 340 g/mol. The van der Waals surface area contributed by atoms with Crippen molar-refractivity contribution in [2.75, 3.05) is 13.7 Å². The highest BCUT2D eigenvalue weighted by atomic mass is 16.5. The summed E-state index contributed by atoms with van der Waals surface area (Å²) in [7, 11) is 1.65. The Morgan fingerprint density at radius 3 is 2.80 bits per heavy atom. The molecule has 0 unspecified atom stereocenters. The van der Waals surface area contributed by atoms with Crippen molar-refractivity contribution in [1.29, 1.82) is 0 Å². The average Bonchev–Trinajstić information content (AvgIpc) is 3.11. The molecule has 1 amide bonds. The van der Waals surface area contributed by atoms with Gasteiger partial charge in [-0.05, 0) is 43.5 Å². The summed E-state index contributed by atoms with van der Waals surface area (Å²) in [6.45, 7) is 3.08. The molecule has 5 heteroatoms. The molecule has 1 atom stereocenters. The summed E-state index contributed by atoms with van der Waals surface area (Å²) in [5.74, 6) is 0.906. The highest BCUT2D eigenvalue weighted by Crippen LogP contribution is 2.33. The van der Waals surface area contributed by atoms with Crippen LogP contribution in [0.25, 0.3) is 0 Å². The molecule has 1 fully saturated rings. The minimum absolute atomic E-state index is 0.0569. The Morgan fingerprint density at radius 1 is 1.24 bits per heavy atom. The molecule has 0 spiro atoms. The first kappa shape index (κ1) is 17.3. The highest BCUT2D eigenvalue weighted by Gasteiger charge is 2.29. The molecule has 0 radical (unpaired) electrons. The van der Waals surface area contributed by atoms with E-state index in [0.717, 1.165) is 36.4 Å². The lowest BCUT2D eigenvalue weighted by molar-refractivity contribution is -0.132. The Labute approximate surface area is 147 Å². The maximum atomic E-state index is 12.8. The zero-order chi connectivity index (χ0) is 17.8. The fourth-order valence-electron chi connectivity index (χ4n) is 3.52. The van der Waals surface area contributed by atoms with Gasteiger partial charge in [0.15, 0.2) is 0 Å². The molecule has 0 saturated carbocycles. The number of pyridine rings is 1. The summed E-state index contributed by atoms with van der Waals surface area (Å²) in [5.41, 5.74) is 1.93. The Kier molecular flexibility index (Phi) is 5.22. The number of likely N-dealkylation sites (tertiary alicyclic amines) is 1. The van der Waals surface area contributed by atoms with E-state index in [0.29, 0.717) is 13.0 Å². The van der Waals surface area contributed by atoms with Crippen LogP contribution in [0.3, 0.4) is 0 Å². The first-order valence-corrected chi connectivity index (χ1v) is 8.70. The number of hydrogen-bond acceptors (Lipinski definition) is 3. The molecule has 1 aliphatic rings. The molecule has 0 bridgehead atoms. The summed E-state index contributed by atoms with van der Waals surface area (Å²) in [6.07, 6.45) is 2.30. The van der Waals surface area contributed by atoms with Crippen LogP contribution in [0.5, 0.6) is 5.75 Å². The van der Waals surface area contributed by atoms with Crippen molar-refractivity contribution in [2.45, 2.75) is 38.8 Å². The van der Waals surface area contributed by atoms with Crippen LogP contribution in [-0.2, 0) is 11.3 Å². The third-order valence-corrected chi connectivity index (χ3v) is 4.87. The molecule has 1 saturated heterocycles. The Hall–Kier alpha value is -2.56. The summed E-state index contributed by atoms with van der Waals surface area (Å²) >= 11 is 0. The van der Waals surface area contributed by atoms with E-state index in [-0.39, 0.29) is 17.5 Å². The van der Waals surface area contributed by atoms with Crippen molar-refractivity contribution in [2.24, 2.45) is 0 Å². The fourth-order valence-corrected chi connectivity index (χ4v) is 3.52. The maximum absolute atomic E-state index is 12.8. The molecule has 3 rings (SSSR count). The normalized spacial score (nSPS) is 16.9. The van der Waals surface area contributed by atoms with E-state index < -0.39 is 0 Å². The van der Waals surface area contributed by atoms with Gasteiger partial charge in [0, 0.05) is 31.3 Å². The molecule has 2 aromatic rings. The number of rotatable bonds is 5. The largest absolute Gasteiger partial charge is 0.497 e. The van der Waals surface area contributed by atoms with Crippen LogP contribution in [0.2, 0.25) is 0 Å². The third kappa shape index (κ3) is 3.76. The van der Waals surface area contributed by atoms with Crippen LogP contribution >= 0.6 is 0 Å². The summed E-state index contributed by atoms with van der Waals surface area (Å²) in [5, 5.41) is 0. The molecular weight excluding hydrogens is 316 g/mol. The number of aromatic nitrogens is 1. The van der Waals surface area contributed by atoms with Crippen LogP contribution in [0.4, 0.5) is 0 Å². The molecule has 0 aliphatic carbocycles. The lowest BCUT2D eigenvalue weighted by Gasteiger charge is -2.25. The molecule has 5 nitrogen and oxygen atoms in total. The van der Waals surface area contributed by atoms with Crippen LogP contribution < -0.4 is 10.3 Å². The fraction of sp³-hybridized carbons (Fsp3) is 0.400.